The van der Waals surface area contributed by atoms with Crippen molar-refractivity contribution in [1.82, 2.24) is 62.6 Å². The smallest absolute Gasteiger partial charge is 0.410 e. The number of anilines is 1. The number of rotatable bonds is 48. The molecule has 0 aromatic heterocycles. The zero-order valence-electron chi connectivity index (χ0n) is 74.9. The number of unbranched alkanes of at least 4 members (excludes halogenated alkanes) is 1. The average Bonchev–Trinajstić information content (AvgIpc) is 0.833. The standard InChI is InChI=1S/C92H138N14O18/c1-15-27-58(8)97-90(120)102-70(86(115)116)32-22-23-47-94-82(111)71(51-63-37-40-64-28-20-21-31-67(64)50-63)100-81(110)66-41-35-61(36-42-66)53-96-87(117)92(45-26-46-92)88(118)101-69(33-24-48-95-89(93)119)83(112)99-68-43-38-62(39-44-68)54-124-91(121)105(12)76(56(5)6)84(113)103-75(55(3)4)85(114)104(11)77(57(7)16-2)73(122-13)52-74(107)106-49-25-34-72(106)79(123-14)59(9)80(109)98-60(10)78(108)65-29-18-17-19-30-65/h17-21,28-31,37-40,43-44,50,55-61,66,69-73,75-79,108H,15-16,22-27,32-36,41-42,45-49,51-54H2,1-14H3,(H,94,111)(H,96,117)(H,98,109)(H,99,112)(H,100,110)(H,101,118)(H,103,113)(H,115,116)(H3,93,95,119)(H2,97,102,120)/t57-,58-,59+,60+,61?,66?,69-,70-,71-,72-,73+,75-,76-,77-,78+,79+/m0/s1. The van der Waals surface area contributed by atoms with Crippen molar-refractivity contribution in [2.45, 2.75) is 271 Å². The van der Waals surface area contributed by atoms with E-state index in [9.17, 15) is 72.5 Å². The summed E-state index contributed by atoms with van der Waals surface area (Å²) in [6, 6.07) is 20.5. The number of carbonyl (C=O) groups is 13. The largest absolute Gasteiger partial charge is 0.480 e. The van der Waals surface area contributed by atoms with Gasteiger partial charge in [0, 0.05) is 78.6 Å². The SMILES string of the molecule is CCC[C@H](C)NC(=O)N[C@@H](CCCCNC(=O)[C@H](Cc1ccc2ccccc2c1)NC(=O)C1CCC(CNC(=O)C2(C(=O)N[C@@H](CCCNC(N)=O)C(=O)Nc3ccc(COC(=O)N(C)[C@H](C(=O)N[C@H](C(=O)N(C)[C@@H]([C@@H](C)CC)[C@@H](CC(=O)N4CCC[C@H]4[C@H](OC)[C@@H](C)C(=O)N[C@H](C)[C@@H](O)c4ccccc4)OC)C(C)C)C(C)C)cc3)CCC2)CC1)C(=O)O. The number of likely N-dealkylation sites (N-methyl/N-ethyl adjacent to an activating group) is 2. The van der Waals surface area contributed by atoms with Gasteiger partial charge in [0.05, 0.1) is 48.8 Å². The lowest BCUT2D eigenvalue weighted by Crippen LogP contribution is -2.60. The fraction of sp³-hybridized carbons (Fsp3) is 0.620. The Morgan fingerprint density at radius 2 is 1.27 bits per heavy atom. The molecule has 32 nitrogen and oxygen atoms in total. The first-order valence-electron chi connectivity index (χ1n) is 44.3. The Balaban J connectivity index is 0.901. The number of aliphatic hydroxyl groups excluding tert-OH is 1. The van der Waals surface area contributed by atoms with E-state index in [-0.39, 0.29) is 107 Å². The third-order valence-electron chi connectivity index (χ3n) is 24.9. The zero-order chi connectivity index (χ0) is 91.1. The maximum Gasteiger partial charge on any atom is 0.410 e. The number of amides is 14. The van der Waals surface area contributed by atoms with Crippen molar-refractivity contribution in [2.24, 2.45) is 46.7 Å². The van der Waals surface area contributed by atoms with Crippen LogP contribution in [0.5, 0.6) is 0 Å². The normalized spacial score (nSPS) is 18.7. The highest BCUT2D eigenvalue weighted by Crippen LogP contribution is 2.42. The summed E-state index contributed by atoms with van der Waals surface area (Å²) in [5.41, 5.74) is 6.19. The Morgan fingerprint density at radius 1 is 0.613 bits per heavy atom. The highest BCUT2D eigenvalue weighted by molar-refractivity contribution is 6.08. The summed E-state index contributed by atoms with van der Waals surface area (Å²) in [4.78, 5) is 183. The number of primary amides is 1. The van der Waals surface area contributed by atoms with Crippen molar-refractivity contribution in [2.75, 3.05) is 59.8 Å². The second-order valence-corrected chi connectivity index (χ2v) is 34.8. The van der Waals surface area contributed by atoms with Crippen LogP contribution in [0, 0.1) is 40.9 Å². The van der Waals surface area contributed by atoms with Crippen molar-refractivity contribution < 1.29 is 86.8 Å². The molecule has 7 rings (SSSR count). The first kappa shape index (κ1) is 101. The third kappa shape index (κ3) is 28.8. The third-order valence-corrected chi connectivity index (χ3v) is 24.9. The number of aliphatic carboxylic acids is 1. The van der Waals surface area contributed by atoms with Crippen LogP contribution in [0.25, 0.3) is 10.8 Å². The van der Waals surface area contributed by atoms with Gasteiger partial charge in [-0.15, -0.1) is 0 Å². The quantitative estimate of drug-likeness (QED) is 0.0145. The predicted octanol–water partition coefficient (Wildman–Crippen LogP) is 8.65. The van der Waals surface area contributed by atoms with E-state index >= 15 is 0 Å². The molecule has 14 N–H and O–H groups in total. The number of fused-ring (bicyclic) bond motifs is 1. The molecule has 3 aliphatic rings. The summed E-state index contributed by atoms with van der Waals surface area (Å²) in [6.45, 7) is 19.1. The van der Waals surface area contributed by atoms with Gasteiger partial charge in [-0.3, -0.25) is 48.1 Å². The van der Waals surface area contributed by atoms with Crippen LogP contribution >= 0.6 is 0 Å². The molecule has 3 fully saturated rings. The monoisotopic (exact) mass is 1730 g/mol. The van der Waals surface area contributed by atoms with E-state index in [1.54, 1.807) is 94.8 Å². The number of methoxy groups -OCH3 is 2. The van der Waals surface area contributed by atoms with Crippen LogP contribution in [-0.4, -0.2) is 223 Å². The van der Waals surface area contributed by atoms with E-state index in [4.69, 9.17) is 19.9 Å². The number of nitrogens with two attached hydrogens (primary N) is 1. The molecule has 684 valence electrons. The van der Waals surface area contributed by atoms with Crippen molar-refractivity contribution in [1.29, 1.82) is 0 Å². The van der Waals surface area contributed by atoms with Crippen LogP contribution in [0.4, 0.5) is 20.1 Å². The molecule has 0 bridgehead atoms. The van der Waals surface area contributed by atoms with E-state index in [2.05, 4.69) is 53.2 Å². The molecule has 4 aromatic carbocycles. The number of urea groups is 2. The minimum Gasteiger partial charge on any atom is -0.480 e. The van der Waals surface area contributed by atoms with Gasteiger partial charge in [-0.2, -0.15) is 0 Å². The highest BCUT2D eigenvalue weighted by Gasteiger charge is 2.52. The zero-order valence-corrected chi connectivity index (χ0v) is 74.9. The van der Waals surface area contributed by atoms with Gasteiger partial charge in [-0.1, -0.05) is 160 Å². The molecule has 2 saturated carbocycles. The number of ether oxygens (including phenoxy) is 3. The first-order valence-corrected chi connectivity index (χ1v) is 44.3. The molecule has 14 atom stereocenters. The Labute approximate surface area is 730 Å². The number of aliphatic hydroxyl groups is 1. The fourth-order valence-electron chi connectivity index (χ4n) is 17.2. The van der Waals surface area contributed by atoms with Gasteiger partial charge in [0.2, 0.25) is 53.2 Å². The number of hydrogen-bond donors (Lipinski definition) is 13. The molecule has 32 heteroatoms. The number of likely N-dealkylation sites (tertiary alicyclic amines) is 1. The number of carboxylic acid groups (broad SMARTS) is 1. The molecule has 4 aromatic rings. The topological polar surface area (TPSA) is 446 Å². The number of benzene rings is 4. The van der Waals surface area contributed by atoms with Gasteiger partial charge < -0.3 is 93.1 Å². The molecule has 1 saturated heterocycles. The highest BCUT2D eigenvalue weighted by atomic mass is 16.6. The molecule has 0 radical (unpaired) electrons. The van der Waals surface area contributed by atoms with Crippen LogP contribution < -0.4 is 58.9 Å². The van der Waals surface area contributed by atoms with Crippen LogP contribution in [0.2, 0.25) is 0 Å². The van der Waals surface area contributed by atoms with Crippen LogP contribution in [-0.2, 0) is 75.2 Å². The molecule has 124 heavy (non-hydrogen) atoms. The molecular weight excluding hydrogens is 1590 g/mol. The van der Waals surface area contributed by atoms with Gasteiger partial charge in [0.1, 0.15) is 42.2 Å². The Hall–Kier alpha value is -10.5. The van der Waals surface area contributed by atoms with E-state index in [1.165, 1.54) is 26.2 Å². The lowest BCUT2D eigenvalue weighted by Gasteiger charge is -2.41. The summed E-state index contributed by atoms with van der Waals surface area (Å²) in [7, 11) is 6.07. The summed E-state index contributed by atoms with van der Waals surface area (Å²) in [5, 5.41) is 51.2. The second-order valence-electron chi connectivity index (χ2n) is 34.8. The minimum atomic E-state index is -1.47. The molecule has 0 unspecified atom stereocenters. The van der Waals surface area contributed by atoms with Crippen LogP contribution in [0.15, 0.2) is 97.1 Å². The molecular formula is C92H138N14O18. The molecule has 2 aliphatic carbocycles. The number of hydrogen-bond acceptors (Lipinski definition) is 17. The van der Waals surface area contributed by atoms with Gasteiger partial charge in [-0.25, -0.2) is 19.2 Å². The second kappa shape index (κ2) is 49.3. The number of nitrogens with zero attached hydrogens (tertiary/aromatic N) is 3. The van der Waals surface area contributed by atoms with E-state index in [1.807, 2.05) is 88.4 Å². The Morgan fingerprint density at radius 3 is 1.88 bits per heavy atom. The van der Waals surface area contributed by atoms with E-state index in [0.717, 1.165) is 29.2 Å². The Kier molecular flexibility index (Phi) is 40.0. The average molecular weight is 1730 g/mol. The van der Waals surface area contributed by atoms with Gasteiger partial charge >= 0.3 is 24.1 Å². The Bertz CT molecular complexity index is 4200. The minimum absolute atomic E-state index is 0.0329. The first-order chi connectivity index (χ1) is 59.1. The van der Waals surface area contributed by atoms with Crippen molar-refractivity contribution in [3.05, 3.63) is 114 Å². The lowest BCUT2D eigenvalue weighted by molar-refractivity contribution is -0.151. The molecule has 14 amide bonds. The van der Waals surface area contributed by atoms with Crippen molar-refractivity contribution in [3.8, 4) is 0 Å². The number of carboxylic acids is 1. The van der Waals surface area contributed by atoms with Crippen LogP contribution in [0.1, 0.15) is 208 Å². The summed E-state index contributed by atoms with van der Waals surface area (Å²) in [5.74, 6) is -7.46. The van der Waals surface area contributed by atoms with Gasteiger partial charge in [0.25, 0.3) is 0 Å². The number of carbonyl (C=O) groups excluding carboxylic acids is 12. The summed E-state index contributed by atoms with van der Waals surface area (Å²) < 4.78 is 17.9. The fourth-order valence-corrected chi connectivity index (χ4v) is 17.2. The van der Waals surface area contributed by atoms with Gasteiger partial charge in [-0.05, 0) is 167 Å². The summed E-state index contributed by atoms with van der Waals surface area (Å²) in [6.07, 6.45) is 4.63. The molecule has 1 aliphatic heterocycles. The maximum absolute atomic E-state index is 14.9. The molecule has 1 heterocycles. The van der Waals surface area contributed by atoms with Crippen molar-refractivity contribution >= 4 is 93.7 Å². The predicted molar refractivity (Wildman–Crippen MR) is 471 cm³/mol. The molecule has 0 spiro atoms. The van der Waals surface area contributed by atoms with Gasteiger partial charge in [0.15, 0.2) is 0 Å². The maximum atomic E-state index is 14.9. The van der Waals surface area contributed by atoms with Crippen LogP contribution in [0.3, 0.4) is 0 Å². The number of nitrogens with one attached hydrogen (secondary N) is 10. The summed E-state index contributed by atoms with van der Waals surface area (Å²) >= 11 is 0. The van der Waals surface area contributed by atoms with Crippen molar-refractivity contribution in [3.63, 3.8) is 0 Å². The van der Waals surface area contributed by atoms with E-state index < -0.39 is 155 Å². The van der Waals surface area contributed by atoms with E-state index in [0.29, 0.717) is 87.6 Å². The lowest BCUT2D eigenvalue weighted by atomic mass is 9.67.